The Kier molecular flexibility index (Phi) is 1.80. The Morgan fingerprint density at radius 1 is 1.55 bits per heavy atom. The Morgan fingerprint density at radius 3 is 2.73 bits per heavy atom. The molecule has 0 aliphatic heterocycles. The number of rotatable bonds is 1. The molecular weight excluding hydrogens is 148 g/mol. The number of aromatic amines is 1. The van der Waals surface area contributed by atoms with Crippen molar-refractivity contribution in [3.05, 3.63) is 32.6 Å². The van der Waals surface area contributed by atoms with Gasteiger partial charge in [0.2, 0.25) is 0 Å². The van der Waals surface area contributed by atoms with Crippen molar-refractivity contribution >= 4 is 0 Å². The standard InChI is InChI=1S/C6H8N2O3/c1-4-3-8(11-2)6(10)7-5(4)9/h3H,1-2H3,(H,7,9,10). The molecule has 0 saturated heterocycles. The predicted octanol–water partition coefficient (Wildman–Crippen LogP) is -1.10. The Hall–Kier alpha value is -1.52. The fourth-order valence-corrected chi connectivity index (χ4v) is 0.680. The van der Waals surface area contributed by atoms with Crippen LogP contribution in [-0.2, 0) is 0 Å². The number of nitrogens with zero attached hydrogens (tertiary/aromatic N) is 1. The zero-order chi connectivity index (χ0) is 8.43. The first-order chi connectivity index (χ1) is 5.15. The Labute approximate surface area is 62.2 Å². The van der Waals surface area contributed by atoms with Gasteiger partial charge in [0.25, 0.3) is 5.56 Å². The largest absolute Gasteiger partial charge is 0.413 e. The number of nitrogens with one attached hydrogen (secondary N) is 1. The molecule has 5 nitrogen and oxygen atoms in total. The molecule has 0 amide bonds. The topological polar surface area (TPSA) is 64.1 Å². The summed E-state index contributed by atoms with van der Waals surface area (Å²) in [4.78, 5) is 28.3. The van der Waals surface area contributed by atoms with Crippen LogP contribution < -0.4 is 16.1 Å². The summed E-state index contributed by atoms with van der Waals surface area (Å²) in [5, 5.41) is 0. The molecule has 0 atom stereocenters. The van der Waals surface area contributed by atoms with Crippen molar-refractivity contribution in [2.45, 2.75) is 6.92 Å². The zero-order valence-corrected chi connectivity index (χ0v) is 6.25. The third-order valence-electron chi connectivity index (χ3n) is 1.29. The average molecular weight is 156 g/mol. The van der Waals surface area contributed by atoms with Gasteiger partial charge < -0.3 is 4.84 Å². The van der Waals surface area contributed by atoms with E-state index in [4.69, 9.17) is 0 Å². The van der Waals surface area contributed by atoms with Gasteiger partial charge in [-0.15, -0.1) is 4.73 Å². The van der Waals surface area contributed by atoms with Crippen molar-refractivity contribution in [3.8, 4) is 0 Å². The minimum absolute atomic E-state index is 0.386. The first kappa shape index (κ1) is 7.59. The van der Waals surface area contributed by atoms with Crippen molar-refractivity contribution in [1.29, 1.82) is 0 Å². The van der Waals surface area contributed by atoms with Gasteiger partial charge in [-0.25, -0.2) is 4.79 Å². The quantitative estimate of drug-likeness (QED) is 0.561. The van der Waals surface area contributed by atoms with Crippen LogP contribution in [0.15, 0.2) is 15.8 Å². The van der Waals surface area contributed by atoms with Gasteiger partial charge in [-0.2, -0.15) is 0 Å². The summed E-state index contributed by atoms with van der Waals surface area (Å²) in [7, 11) is 1.35. The van der Waals surface area contributed by atoms with Crippen molar-refractivity contribution in [1.82, 2.24) is 9.71 Å². The molecule has 0 saturated carbocycles. The maximum Gasteiger partial charge on any atom is 0.361 e. The van der Waals surface area contributed by atoms with E-state index in [2.05, 4.69) is 9.82 Å². The molecule has 11 heavy (non-hydrogen) atoms. The van der Waals surface area contributed by atoms with E-state index in [9.17, 15) is 9.59 Å². The fourth-order valence-electron chi connectivity index (χ4n) is 0.680. The minimum atomic E-state index is -0.567. The highest BCUT2D eigenvalue weighted by molar-refractivity contribution is 4.99. The molecule has 0 bridgehead atoms. The van der Waals surface area contributed by atoms with Gasteiger partial charge in [0.05, 0.1) is 6.20 Å². The third-order valence-corrected chi connectivity index (χ3v) is 1.29. The fraction of sp³-hybridized carbons (Fsp3) is 0.333. The maximum absolute atomic E-state index is 10.8. The van der Waals surface area contributed by atoms with Crippen LogP contribution >= 0.6 is 0 Å². The summed E-state index contributed by atoms with van der Waals surface area (Å²) in [5.41, 5.74) is -0.516. The first-order valence-corrected chi connectivity index (χ1v) is 3.02. The zero-order valence-electron chi connectivity index (χ0n) is 6.25. The molecule has 60 valence electrons. The van der Waals surface area contributed by atoms with Crippen LogP contribution in [0.5, 0.6) is 0 Å². The second-order valence-corrected chi connectivity index (χ2v) is 2.08. The summed E-state index contributed by atoms with van der Waals surface area (Å²) < 4.78 is 0.955. The molecule has 0 aliphatic rings. The number of H-pyrrole nitrogens is 1. The van der Waals surface area contributed by atoms with Crippen LogP contribution in [0.1, 0.15) is 5.56 Å². The van der Waals surface area contributed by atoms with Crippen molar-refractivity contribution in [2.24, 2.45) is 0 Å². The summed E-state index contributed by atoms with van der Waals surface area (Å²) >= 11 is 0. The number of hydrogen-bond acceptors (Lipinski definition) is 3. The van der Waals surface area contributed by atoms with Crippen LogP contribution in [-0.4, -0.2) is 16.8 Å². The van der Waals surface area contributed by atoms with E-state index in [1.54, 1.807) is 6.92 Å². The van der Waals surface area contributed by atoms with Crippen molar-refractivity contribution in [3.63, 3.8) is 0 Å². The summed E-state index contributed by atoms with van der Waals surface area (Å²) in [6.45, 7) is 1.59. The van der Waals surface area contributed by atoms with Gasteiger partial charge >= 0.3 is 5.69 Å². The van der Waals surface area contributed by atoms with E-state index >= 15 is 0 Å². The SMILES string of the molecule is COn1cc(C)c(=O)[nH]c1=O. The highest BCUT2D eigenvalue weighted by Crippen LogP contribution is 1.78. The molecule has 1 aromatic heterocycles. The molecule has 1 rings (SSSR count). The van der Waals surface area contributed by atoms with Gasteiger partial charge in [-0.05, 0) is 6.92 Å². The molecule has 0 aliphatic carbocycles. The molecule has 0 radical (unpaired) electrons. The van der Waals surface area contributed by atoms with Gasteiger partial charge in [0, 0.05) is 5.56 Å². The van der Waals surface area contributed by atoms with E-state index < -0.39 is 5.69 Å². The van der Waals surface area contributed by atoms with Crippen LogP contribution in [0.4, 0.5) is 0 Å². The lowest BCUT2D eigenvalue weighted by Crippen LogP contribution is -2.33. The van der Waals surface area contributed by atoms with Crippen LogP contribution in [0, 0.1) is 6.92 Å². The van der Waals surface area contributed by atoms with Crippen LogP contribution in [0.25, 0.3) is 0 Å². The van der Waals surface area contributed by atoms with E-state index in [0.717, 1.165) is 4.73 Å². The molecule has 0 aromatic carbocycles. The lowest BCUT2D eigenvalue weighted by molar-refractivity contribution is 0.152. The Balaban J connectivity index is 3.45. The molecule has 1 N–H and O–H groups in total. The van der Waals surface area contributed by atoms with Gasteiger partial charge in [-0.3, -0.25) is 9.78 Å². The van der Waals surface area contributed by atoms with Crippen LogP contribution in [0.2, 0.25) is 0 Å². The smallest absolute Gasteiger partial charge is 0.361 e. The second kappa shape index (κ2) is 2.61. The molecule has 0 unspecified atom stereocenters. The van der Waals surface area contributed by atoms with Gasteiger partial charge in [0.1, 0.15) is 7.11 Å². The molecule has 1 aromatic rings. The summed E-state index contributed by atoms with van der Waals surface area (Å²) in [5.74, 6) is 0. The highest BCUT2D eigenvalue weighted by Gasteiger charge is 1.97. The van der Waals surface area contributed by atoms with Crippen LogP contribution in [0.3, 0.4) is 0 Å². The first-order valence-electron chi connectivity index (χ1n) is 3.02. The summed E-state index contributed by atoms with van der Waals surface area (Å²) in [6, 6.07) is 0. The average Bonchev–Trinajstić information content (AvgIpc) is 1.97. The van der Waals surface area contributed by atoms with E-state index in [-0.39, 0.29) is 5.56 Å². The predicted molar refractivity (Wildman–Crippen MR) is 38.6 cm³/mol. The minimum Gasteiger partial charge on any atom is -0.413 e. The second-order valence-electron chi connectivity index (χ2n) is 2.08. The summed E-state index contributed by atoms with van der Waals surface area (Å²) in [6.07, 6.45) is 1.33. The molecule has 5 heteroatoms. The lowest BCUT2D eigenvalue weighted by atomic mass is 10.4. The van der Waals surface area contributed by atoms with Crippen molar-refractivity contribution < 1.29 is 4.84 Å². The highest BCUT2D eigenvalue weighted by atomic mass is 16.6. The van der Waals surface area contributed by atoms with E-state index in [1.165, 1.54) is 13.3 Å². The monoisotopic (exact) mass is 156 g/mol. The molecule has 0 fully saturated rings. The Bertz CT molecular complexity index is 363. The van der Waals surface area contributed by atoms with Gasteiger partial charge in [-0.1, -0.05) is 0 Å². The number of hydrogen-bond donors (Lipinski definition) is 1. The van der Waals surface area contributed by atoms with E-state index in [0.29, 0.717) is 5.56 Å². The van der Waals surface area contributed by atoms with Gasteiger partial charge in [0.15, 0.2) is 0 Å². The van der Waals surface area contributed by atoms with Crippen molar-refractivity contribution in [2.75, 3.05) is 7.11 Å². The molecule has 0 spiro atoms. The molecule has 1 heterocycles. The number of aromatic nitrogens is 2. The third kappa shape index (κ3) is 1.31. The number of aryl methyl sites for hydroxylation is 1. The Morgan fingerprint density at radius 2 is 2.18 bits per heavy atom. The lowest BCUT2D eigenvalue weighted by Gasteiger charge is -2.00. The normalized spacial score (nSPS) is 9.64. The molecular formula is C6H8N2O3. The maximum atomic E-state index is 10.8. The van der Waals surface area contributed by atoms with E-state index in [1.807, 2.05) is 0 Å².